The Kier molecular flexibility index (Phi) is 40.8. The minimum atomic E-state index is -0.869. The molecule has 0 saturated carbocycles. The predicted molar refractivity (Wildman–Crippen MR) is 357 cm³/mol. The molecular formula is C64H119N17O11. The van der Waals surface area contributed by atoms with E-state index in [2.05, 4.69) is 63.8 Å². The van der Waals surface area contributed by atoms with Crippen molar-refractivity contribution in [1.82, 2.24) is 63.8 Å². The van der Waals surface area contributed by atoms with Crippen LogP contribution in [0.5, 0.6) is 5.75 Å². The molecule has 1 aromatic carbocycles. The van der Waals surface area contributed by atoms with Gasteiger partial charge in [-0.15, -0.1) is 0 Å². The average molecular weight is 1300 g/mol. The van der Waals surface area contributed by atoms with E-state index in [4.69, 9.17) is 28.7 Å². The highest BCUT2D eigenvalue weighted by atomic mass is 16.3. The summed E-state index contributed by atoms with van der Waals surface area (Å²) in [6.07, 6.45) is 2.43. The molecule has 1 rings (SSSR count). The average Bonchev–Trinajstić information content (AvgIpc) is 1.59. The second kappa shape index (κ2) is 45.3. The molecule has 0 saturated heterocycles. The standard InChI is InChI=1S/C64H119N17O11/c1-37(2)49(73-53(84)30-44(68)29-43-22-24-48(82)25-23-43)34-56(87)76-60(41(9)10)80-63(91)71-46(20-14-17-27-66)32-55(86)75-51(39(5)6)36-58(89)78-61(42(11)12)81-64(92)72-47(21-15-18-28-67)33-54(85)74-50(38(3)4)35-57(88)77-59(40(7)8)79-62(90)70-45(31-52(69)83)19-13-16-26-65/h22-25,37-42,44-47,49-51,59-61,82H,13-21,26-36,65-68H2,1-12H3,(H2,69,83)(H,73,84)(H,74,85)(H,75,86)(H,76,87)(H,77,88)(H,78,89)(H2,70,79,90)(H2,71,80,91)(H2,72,81,92)/t44-,45-,46-,47-,49+,50+,51+,59+,60+,61+/m0/s1. The number of phenolic OH excluding ortho intramolecular Hbond substituents is 1. The molecule has 0 spiro atoms. The lowest BCUT2D eigenvalue weighted by Gasteiger charge is -2.29. The van der Waals surface area contributed by atoms with Crippen LogP contribution in [0.1, 0.15) is 191 Å². The Hall–Kier alpha value is -7.04. The summed E-state index contributed by atoms with van der Waals surface area (Å²) in [7, 11) is 0. The van der Waals surface area contributed by atoms with Crippen molar-refractivity contribution in [3.05, 3.63) is 29.8 Å². The lowest BCUT2D eigenvalue weighted by molar-refractivity contribution is -0.126. The number of unbranched alkanes of at least 4 members (excludes halogenated alkanes) is 3. The third-order valence-electron chi connectivity index (χ3n) is 15.7. The molecule has 0 fully saturated rings. The number of rotatable bonds is 46. The molecule has 0 unspecified atom stereocenters. The highest BCUT2D eigenvalue weighted by molar-refractivity contribution is 5.84. The highest BCUT2D eigenvalue weighted by Gasteiger charge is 2.30. The SMILES string of the molecule is CC(C)[C@H](NC(=O)C[C@@H](NC(=O)C[C@H](CCCCN)NC(=O)N[C@@H](NC(=O)C[C@@H](NC(=O)C[C@H](CCCCN)NC(=O)N[C@@H](NC(=O)C[C@@H](NC(=O)C[C@@H](N)Cc1ccc(O)cc1)C(C)C)C(C)C)C(C)C)C(C)C)C(C)C)NC(=O)N[C@@H](CCCCN)CC(N)=O. The molecular weight excluding hydrogens is 1180 g/mol. The molecule has 0 aromatic heterocycles. The van der Waals surface area contributed by atoms with Crippen molar-refractivity contribution < 1.29 is 53.1 Å². The number of carbonyl (C=O) groups excluding carboxylic acids is 10. The van der Waals surface area contributed by atoms with Crippen molar-refractivity contribution in [2.75, 3.05) is 19.6 Å². The summed E-state index contributed by atoms with van der Waals surface area (Å²) in [5.74, 6) is -4.22. The Morgan fingerprint density at radius 1 is 0.359 bits per heavy atom. The van der Waals surface area contributed by atoms with E-state index in [1.807, 2.05) is 69.2 Å². The Morgan fingerprint density at radius 2 is 0.641 bits per heavy atom. The molecule has 1 aromatic rings. The molecule has 0 aliphatic heterocycles. The molecule has 10 atom stereocenters. The van der Waals surface area contributed by atoms with E-state index in [9.17, 15) is 53.1 Å². The van der Waals surface area contributed by atoms with Crippen LogP contribution < -0.4 is 92.5 Å². The van der Waals surface area contributed by atoms with Crippen molar-refractivity contribution in [3.63, 3.8) is 0 Å². The largest absolute Gasteiger partial charge is 0.508 e. The summed E-state index contributed by atoms with van der Waals surface area (Å²) in [5, 5.41) is 44.1. The van der Waals surface area contributed by atoms with Gasteiger partial charge in [0.15, 0.2) is 0 Å². The molecule has 23 N–H and O–H groups in total. The monoisotopic (exact) mass is 1300 g/mol. The zero-order chi connectivity index (χ0) is 69.6. The quantitative estimate of drug-likeness (QED) is 0.0330. The van der Waals surface area contributed by atoms with Gasteiger partial charge < -0.3 is 97.6 Å². The summed E-state index contributed by atoms with van der Waals surface area (Å²) >= 11 is 0. The number of nitrogens with one attached hydrogen (secondary N) is 12. The van der Waals surface area contributed by atoms with Crippen LogP contribution in [0.15, 0.2) is 24.3 Å². The summed E-state index contributed by atoms with van der Waals surface area (Å²) in [4.78, 5) is 133. The van der Waals surface area contributed by atoms with Gasteiger partial charge in [0, 0.05) is 87.2 Å². The van der Waals surface area contributed by atoms with Crippen LogP contribution in [0.2, 0.25) is 0 Å². The first-order valence-corrected chi connectivity index (χ1v) is 33.1. The molecule has 28 nitrogen and oxygen atoms in total. The number of phenols is 1. The van der Waals surface area contributed by atoms with Crippen molar-refractivity contribution in [2.45, 2.75) is 253 Å². The molecule has 0 heterocycles. The van der Waals surface area contributed by atoms with Crippen molar-refractivity contribution in [3.8, 4) is 5.75 Å². The molecule has 92 heavy (non-hydrogen) atoms. The Morgan fingerprint density at radius 3 is 0.913 bits per heavy atom. The molecule has 13 amide bonds. The lowest BCUT2D eigenvalue weighted by Crippen LogP contribution is -2.57. The van der Waals surface area contributed by atoms with Crippen LogP contribution in [-0.2, 0) is 40.0 Å². The van der Waals surface area contributed by atoms with E-state index in [1.165, 1.54) is 0 Å². The van der Waals surface area contributed by atoms with Gasteiger partial charge in [0.25, 0.3) is 0 Å². The summed E-state index contributed by atoms with van der Waals surface area (Å²) in [5.41, 5.74) is 29.8. The first-order valence-electron chi connectivity index (χ1n) is 33.1. The van der Waals surface area contributed by atoms with Crippen LogP contribution in [0.3, 0.4) is 0 Å². The van der Waals surface area contributed by atoms with Gasteiger partial charge in [-0.25, -0.2) is 14.4 Å². The third kappa shape index (κ3) is 37.5. The second-order valence-electron chi connectivity index (χ2n) is 26.4. The minimum Gasteiger partial charge on any atom is -0.508 e. The van der Waals surface area contributed by atoms with E-state index >= 15 is 0 Å². The lowest BCUT2D eigenvalue weighted by atomic mass is 9.98. The zero-order valence-corrected chi connectivity index (χ0v) is 57.1. The normalized spacial score (nSPS) is 14.8. The van der Waals surface area contributed by atoms with E-state index in [0.717, 1.165) is 5.56 Å². The van der Waals surface area contributed by atoms with E-state index in [0.29, 0.717) is 83.8 Å². The van der Waals surface area contributed by atoms with Crippen LogP contribution in [-0.4, -0.2) is 145 Å². The molecule has 0 bridgehead atoms. The number of urea groups is 3. The maximum Gasteiger partial charge on any atom is 0.316 e. The van der Waals surface area contributed by atoms with Crippen molar-refractivity contribution in [2.24, 2.45) is 64.2 Å². The fourth-order valence-corrected chi connectivity index (χ4v) is 9.88. The van der Waals surface area contributed by atoms with Crippen molar-refractivity contribution >= 4 is 59.4 Å². The van der Waals surface area contributed by atoms with Crippen LogP contribution in [0.4, 0.5) is 14.4 Å². The smallest absolute Gasteiger partial charge is 0.316 e. The van der Waals surface area contributed by atoms with Gasteiger partial charge in [0.05, 0.1) is 0 Å². The number of amides is 13. The van der Waals surface area contributed by atoms with Crippen LogP contribution in [0.25, 0.3) is 0 Å². The number of carbonyl (C=O) groups is 10. The number of primary amides is 1. The van der Waals surface area contributed by atoms with Gasteiger partial charge in [-0.3, -0.25) is 33.6 Å². The van der Waals surface area contributed by atoms with Crippen LogP contribution >= 0.6 is 0 Å². The van der Waals surface area contributed by atoms with Crippen molar-refractivity contribution in [1.29, 1.82) is 0 Å². The number of hydrogen-bond acceptors (Lipinski definition) is 15. The molecule has 28 heteroatoms. The topological polar surface area (TPSA) is 465 Å². The van der Waals surface area contributed by atoms with Gasteiger partial charge in [-0.1, -0.05) is 114 Å². The first-order chi connectivity index (χ1) is 43.2. The first kappa shape index (κ1) is 83.0. The van der Waals surface area contributed by atoms with Gasteiger partial charge in [0.2, 0.25) is 41.4 Å². The number of hydrogen-bond donors (Lipinski definition) is 18. The summed E-state index contributed by atoms with van der Waals surface area (Å²) < 4.78 is 0. The fraction of sp³-hybridized carbons (Fsp3) is 0.750. The van der Waals surface area contributed by atoms with E-state index < -0.39 is 114 Å². The third-order valence-corrected chi connectivity index (χ3v) is 15.7. The summed E-state index contributed by atoms with van der Waals surface area (Å²) in [6, 6.07) is 0.601. The number of nitrogens with two attached hydrogens (primary N) is 5. The maximum absolute atomic E-state index is 13.8. The Labute approximate surface area is 546 Å². The molecule has 0 aliphatic rings. The minimum absolute atomic E-state index is 0.0201. The molecule has 526 valence electrons. The van der Waals surface area contributed by atoms with Gasteiger partial charge in [0.1, 0.15) is 24.2 Å². The fourth-order valence-electron chi connectivity index (χ4n) is 9.88. The molecule has 0 radical (unpaired) electrons. The second-order valence-corrected chi connectivity index (χ2v) is 26.4. The summed E-state index contributed by atoms with van der Waals surface area (Å²) in [6.45, 7) is 23.3. The number of aromatic hydroxyl groups is 1. The van der Waals surface area contributed by atoms with Gasteiger partial charge in [-0.2, -0.15) is 0 Å². The highest BCUT2D eigenvalue weighted by Crippen LogP contribution is 2.16. The predicted octanol–water partition coefficient (Wildman–Crippen LogP) is 2.59. The van der Waals surface area contributed by atoms with Gasteiger partial charge >= 0.3 is 18.1 Å². The van der Waals surface area contributed by atoms with Crippen LogP contribution in [0, 0.1) is 35.5 Å². The maximum atomic E-state index is 13.8. The van der Waals surface area contributed by atoms with E-state index in [1.54, 1.807) is 38.1 Å². The van der Waals surface area contributed by atoms with E-state index in [-0.39, 0.29) is 92.1 Å². The Bertz CT molecular complexity index is 2400. The Balaban J connectivity index is 3.01. The zero-order valence-electron chi connectivity index (χ0n) is 57.1. The van der Waals surface area contributed by atoms with Gasteiger partial charge in [-0.05, 0) is 118 Å². The number of benzene rings is 1. The molecule has 0 aliphatic carbocycles.